The monoisotopic (exact) mass is 287 g/mol. The van der Waals surface area contributed by atoms with Crippen molar-refractivity contribution < 1.29 is 22.7 Å². The average molecular weight is 287 g/mol. The fourth-order valence-corrected chi connectivity index (χ4v) is 3.86. The van der Waals surface area contributed by atoms with Gasteiger partial charge < -0.3 is 10.4 Å². The van der Waals surface area contributed by atoms with Crippen LogP contribution < -0.4 is 5.32 Å². The van der Waals surface area contributed by atoms with Crippen LogP contribution in [0.25, 0.3) is 0 Å². The van der Waals surface area contributed by atoms with E-state index in [0.717, 1.165) is 12.1 Å². The normalized spacial score (nSPS) is 21.8. The Hall–Kier alpha value is -1.63. The molecule has 0 spiro atoms. The number of anilines is 1. The minimum absolute atomic E-state index is 0.00895. The van der Waals surface area contributed by atoms with Crippen LogP contribution in [0, 0.1) is 5.82 Å². The largest absolute Gasteiger partial charge is 0.505 e. The SMILES string of the molecule is O=C(Nc1ccc(O)c(F)c1)C1CCCCS1(=O)=O. The molecule has 1 unspecified atom stereocenters. The van der Waals surface area contributed by atoms with Gasteiger partial charge in [0.05, 0.1) is 5.75 Å². The third kappa shape index (κ3) is 3.04. The van der Waals surface area contributed by atoms with E-state index in [1.165, 1.54) is 6.07 Å². The quantitative estimate of drug-likeness (QED) is 0.806. The summed E-state index contributed by atoms with van der Waals surface area (Å²) >= 11 is 0. The molecule has 0 saturated carbocycles. The van der Waals surface area contributed by atoms with Gasteiger partial charge in [-0.1, -0.05) is 6.42 Å². The molecular weight excluding hydrogens is 273 g/mol. The summed E-state index contributed by atoms with van der Waals surface area (Å²) in [6, 6.07) is 3.36. The van der Waals surface area contributed by atoms with Crippen LogP contribution in [-0.2, 0) is 14.6 Å². The summed E-state index contributed by atoms with van der Waals surface area (Å²) in [6.07, 6.45) is 1.54. The van der Waals surface area contributed by atoms with Crippen molar-refractivity contribution in [1.82, 2.24) is 0 Å². The number of benzene rings is 1. The van der Waals surface area contributed by atoms with Crippen molar-refractivity contribution in [2.75, 3.05) is 11.1 Å². The Balaban J connectivity index is 2.14. The second kappa shape index (κ2) is 5.16. The Morgan fingerprint density at radius 1 is 1.37 bits per heavy atom. The minimum atomic E-state index is -3.42. The number of carbonyl (C=O) groups is 1. The standard InChI is InChI=1S/C12H14FNO4S/c13-9-7-8(4-5-10(9)15)14-12(16)11-3-1-2-6-19(11,17)18/h4-5,7,11,15H,1-3,6H2,(H,14,16). The van der Waals surface area contributed by atoms with E-state index in [1.54, 1.807) is 0 Å². The molecule has 104 valence electrons. The molecule has 2 rings (SSSR count). The number of amides is 1. The Kier molecular flexibility index (Phi) is 3.75. The van der Waals surface area contributed by atoms with Gasteiger partial charge in [0.25, 0.3) is 0 Å². The van der Waals surface area contributed by atoms with Crippen LogP contribution >= 0.6 is 0 Å². The fraction of sp³-hybridized carbons (Fsp3) is 0.417. The molecule has 1 fully saturated rings. The summed E-state index contributed by atoms with van der Waals surface area (Å²) in [6.45, 7) is 0. The zero-order valence-electron chi connectivity index (χ0n) is 10.1. The van der Waals surface area contributed by atoms with Gasteiger partial charge in [-0.3, -0.25) is 4.79 Å². The summed E-state index contributed by atoms with van der Waals surface area (Å²) < 4.78 is 36.6. The van der Waals surface area contributed by atoms with Gasteiger partial charge in [0.1, 0.15) is 5.25 Å². The van der Waals surface area contributed by atoms with Crippen LogP contribution in [0.5, 0.6) is 5.75 Å². The molecule has 0 aromatic heterocycles. The number of hydrogen-bond acceptors (Lipinski definition) is 4. The van der Waals surface area contributed by atoms with E-state index in [1.807, 2.05) is 0 Å². The molecule has 1 aliphatic heterocycles. The highest BCUT2D eigenvalue weighted by atomic mass is 32.2. The van der Waals surface area contributed by atoms with Crippen molar-refractivity contribution in [2.45, 2.75) is 24.5 Å². The number of hydrogen-bond donors (Lipinski definition) is 2. The summed E-state index contributed by atoms with van der Waals surface area (Å²) in [4.78, 5) is 11.9. The van der Waals surface area contributed by atoms with Crippen LogP contribution in [0.3, 0.4) is 0 Å². The number of rotatable bonds is 2. The van der Waals surface area contributed by atoms with Gasteiger partial charge in [0.2, 0.25) is 5.91 Å². The van der Waals surface area contributed by atoms with Gasteiger partial charge in [-0.15, -0.1) is 0 Å². The van der Waals surface area contributed by atoms with Crippen LogP contribution in [0.2, 0.25) is 0 Å². The van der Waals surface area contributed by atoms with E-state index in [4.69, 9.17) is 5.11 Å². The smallest absolute Gasteiger partial charge is 0.242 e. The zero-order chi connectivity index (χ0) is 14.0. The first-order valence-electron chi connectivity index (χ1n) is 5.91. The highest BCUT2D eigenvalue weighted by Gasteiger charge is 2.34. The number of halogens is 1. The van der Waals surface area contributed by atoms with E-state index in [-0.39, 0.29) is 17.9 Å². The van der Waals surface area contributed by atoms with Crippen molar-refractivity contribution in [1.29, 1.82) is 0 Å². The average Bonchev–Trinajstić information content (AvgIpc) is 2.33. The van der Waals surface area contributed by atoms with E-state index < -0.39 is 32.6 Å². The maximum Gasteiger partial charge on any atom is 0.242 e. The van der Waals surface area contributed by atoms with Crippen molar-refractivity contribution in [3.63, 3.8) is 0 Å². The molecule has 1 aliphatic rings. The van der Waals surface area contributed by atoms with Gasteiger partial charge in [-0.05, 0) is 25.0 Å². The topological polar surface area (TPSA) is 83.5 Å². The maximum absolute atomic E-state index is 13.1. The first-order valence-corrected chi connectivity index (χ1v) is 7.62. The van der Waals surface area contributed by atoms with Gasteiger partial charge in [0.15, 0.2) is 21.4 Å². The molecule has 19 heavy (non-hydrogen) atoms. The Bertz CT molecular complexity index is 600. The van der Waals surface area contributed by atoms with Crippen molar-refractivity contribution in [3.8, 4) is 5.75 Å². The zero-order valence-corrected chi connectivity index (χ0v) is 10.9. The number of nitrogens with one attached hydrogen (secondary N) is 1. The number of carbonyl (C=O) groups excluding carboxylic acids is 1. The number of phenols is 1. The first kappa shape index (κ1) is 13.8. The molecule has 1 saturated heterocycles. The molecule has 1 amide bonds. The third-order valence-corrected chi connectivity index (χ3v) is 5.26. The lowest BCUT2D eigenvalue weighted by Crippen LogP contribution is -2.39. The second-order valence-corrected chi connectivity index (χ2v) is 6.81. The lowest BCUT2D eigenvalue weighted by molar-refractivity contribution is -0.116. The molecule has 0 radical (unpaired) electrons. The molecule has 1 atom stereocenters. The number of sulfone groups is 1. The van der Waals surface area contributed by atoms with Crippen LogP contribution in [0.15, 0.2) is 18.2 Å². The highest BCUT2D eigenvalue weighted by molar-refractivity contribution is 7.92. The molecule has 1 aromatic carbocycles. The summed E-state index contributed by atoms with van der Waals surface area (Å²) in [5.74, 6) is -2.04. The van der Waals surface area contributed by atoms with Gasteiger partial charge >= 0.3 is 0 Å². The fourth-order valence-electron chi connectivity index (χ4n) is 2.06. The van der Waals surface area contributed by atoms with E-state index >= 15 is 0 Å². The van der Waals surface area contributed by atoms with Crippen LogP contribution in [-0.4, -0.2) is 30.4 Å². The maximum atomic E-state index is 13.1. The van der Waals surface area contributed by atoms with Crippen molar-refractivity contribution in [3.05, 3.63) is 24.0 Å². The van der Waals surface area contributed by atoms with Crippen LogP contribution in [0.1, 0.15) is 19.3 Å². The van der Waals surface area contributed by atoms with E-state index in [2.05, 4.69) is 5.32 Å². The predicted octanol–water partition coefficient (Wildman–Crippen LogP) is 1.44. The Labute approximate surface area is 110 Å². The molecule has 7 heteroatoms. The predicted molar refractivity (Wildman–Crippen MR) is 68.1 cm³/mol. The molecule has 2 N–H and O–H groups in total. The third-order valence-electron chi connectivity index (χ3n) is 3.09. The first-order chi connectivity index (χ1) is 8.90. The minimum Gasteiger partial charge on any atom is -0.505 e. The molecule has 5 nitrogen and oxygen atoms in total. The Morgan fingerprint density at radius 3 is 2.74 bits per heavy atom. The summed E-state index contributed by atoms with van der Waals surface area (Å²) in [7, 11) is -3.42. The summed E-state index contributed by atoms with van der Waals surface area (Å²) in [5, 5.41) is 10.3. The number of aromatic hydroxyl groups is 1. The molecule has 0 bridgehead atoms. The molecule has 1 aromatic rings. The molecular formula is C12H14FNO4S. The molecule has 1 heterocycles. The van der Waals surface area contributed by atoms with Crippen LogP contribution in [0.4, 0.5) is 10.1 Å². The van der Waals surface area contributed by atoms with E-state index in [0.29, 0.717) is 12.8 Å². The highest BCUT2D eigenvalue weighted by Crippen LogP contribution is 2.23. The number of phenolic OH excluding ortho intramolecular Hbond substituents is 1. The lowest BCUT2D eigenvalue weighted by Gasteiger charge is -2.21. The second-order valence-electron chi connectivity index (χ2n) is 4.51. The summed E-state index contributed by atoms with van der Waals surface area (Å²) in [5.41, 5.74) is 0.126. The Morgan fingerprint density at radius 2 is 2.11 bits per heavy atom. The van der Waals surface area contributed by atoms with Crippen molar-refractivity contribution >= 4 is 21.4 Å². The van der Waals surface area contributed by atoms with Gasteiger partial charge in [-0.25, -0.2) is 12.8 Å². The van der Waals surface area contributed by atoms with Gasteiger partial charge in [-0.2, -0.15) is 0 Å². The van der Waals surface area contributed by atoms with Crippen molar-refractivity contribution in [2.24, 2.45) is 0 Å². The molecule has 0 aliphatic carbocycles. The lowest BCUT2D eigenvalue weighted by atomic mass is 10.2. The van der Waals surface area contributed by atoms with Gasteiger partial charge in [0, 0.05) is 11.8 Å². The van der Waals surface area contributed by atoms with E-state index in [9.17, 15) is 17.6 Å².